The Morgan fingerprint density at radius 1 is 1.24 bits per heavy atom. The summed E-state index contributed by atoms with van der Waals surface area (Å²) in [6.07, 6.45) is 1.59. The molecule has 10 heteroatoms. The standard InChI is InChI=1S/C19H15ClN4O5/c1-2-29-19(26)17-8-9-23(22-17)13-5-3-4-12(10-13)21-18(25)15-11-14(24(27)28)6-7-16(15)20/h3-11H,2H2,1H3,(H,21,25). The first kappa shape index (κ1) is 20.0. The van der Waals surface area contributed by atoms with Crippen molar-refractivity contribution in [2.45, 2.75) is 6.92 Å². The van der Waals surface area contributed by atoms with Crippen molar-refractivity contribution in [1.82, 2.24) is 9.78 Å². The molecule has 2 aromatic carbocycles. The summed E-state index contributed by atoms with van der Waals surface area (Å²) in [7, 11) is 0. The van der Waals surface area contributed by atoms with Gasteiger partial charge in [0.2, 0.25) is 0 Å². The lowest BCUT2D eigenvalue weighted by Gasteiger charge is -2.09. The van der Waals surface area contributed by atoms with Gasteiger partial charge in [-0.1, -0.05) is 17.7 Å². The van der Waals surface area contributed by atoms with E-state index in [1.807, 2.05) is 0 Å². The molecule has 1 aromatic heterocycles. The number of hydrogen-bond donors (Lipinski definition) is 1. The molecule has 0 atom stereocenters. The van der Waals surface area contributed by atoms with Crippen LogP contribution < -0.4 is 5.32 Å². The molecule has 0 radical (unpaired) electrons. The highest BCUT2D eigenvalue weighted by molar-refractivity contribution is 6.34. The molecule has 0 aliphatic heterocycles. The van der Waals surface area contributed by atoms with Crippen LogP contribution in [-0.4, -0.2) is 33.2 Å². The Morgan fingerprint density at radius 3 is 2.76 bits per heavy atom. The first-order chi connectivity index (χ1) is 13.9. The number of nitro benzene ring substituents is 1. The van der Waals surface area contributed by atoms with Gasteiger partial charge < -0.3 is 10.1 Å². The molecule has 0 aliphatic rings. The molecule has 0 fully saturated rings. The second-order valence-electron chi connectivity index (χ2n) is 5.79. The van der Waals surface area contributed by atoms with Crippen LogP contribution in [0.1, 0.15) is 27.8 Å². The number of benzene rings is 2. The minimum atomic E-state index is -0.605. The Hall–Kier alpha value is -3.72. The largest absolute Gasteiger partial charge is 0.461 e. The number of halogens is 1. The Morgan fingerprint density at radius 2 is 2.03 bits per heavy atom. The molecule has 0 unspecified atom stereocenters. The predicted octanol–water partition coefficient (Wildman–Crippen LogP) is 3.86. The van der Waals surface area contributed by atoms with E-state index in [-0.39, 0.29) is 28.6 Å². The van der Waals surface area contributed by atoms with E-state index in [1.54, 1.807) is 37.4 Å². The van der Waals surface area contributed by atoms with Crippen LogP contribution in [0.25, 0.3) is 5.69 Å². The lowest BCUT2D eigenvalue weighted by atomic mass is 10.1. The molecule has 0 bridgehead atoms. The van der Waals surface area contributed by atoms with Crippen molar-refractivity contribution in [1.29, 1.82) is 0 Å². The van der Waals surface area contributed by atoms with Crippen LogP contribution >= 0.6 is 11.6 Å². The van der Waals surface area contributed by atoms with Gasteiger partial charge in [-0.15, -0.1) is 0 Å². The summed E-state index contributed by atoms with van der Waals surface area (Å²) in [6.45, 7) is 1.95. The van der Waals surface area contributed by atoms with E-state index in [0.717, 1.165) is 6.07 Å². The molecule has 0 saturated heterocycles. The third-order valence-electron chi connectivity index (χ3n) is 3.85. The molecule has 3 aromatic rings. The van der Waals surface area contributed by atoms with Crippen LogP contribution in [0.3, 0.4) is 0 Å². The number of rotatable bonds is 6. The summed E-state index contributed by atoms with van der Waals surface area (Å²) in [6, 6.07) is 11.8. The molecule has 0 aliphatic carbocycles. The zero-order chi connectivity index (χ0) is 21.0. The summed E-state index contributed by atoms with van der Waals surface area (Å²) in [5.74, 6) is -1.13. The van der Waals surface area contributed by atoms with Crippen molar-refractivity contribution >= 4 is 34.9 Å². The van der Waals surface area contributed by atoms with Crippen LogP contribution in [0.2, 0.25) is 5.02 Å². The fourth-order valence-corrected chi connectivity index (χ4v) is 2.71. The summed E-state index contributed by atoms with van der Waals surface area (Å²) in [4.78, 5) is 34.6. The normalized spacial score (nSPS) is 10.4. The van der Waals surface area contributed by atoms with E-state index < -0.39 is 16.8 Å². The van der Waals surface area contributed by atoms with Crippen molar-refractivity contribution < 1.29 is 19.2 Å². The maximum Gasteiger partial charge on any atom is 0.358 e. The molecule has 1 heterocycles. The Balaban J connectivity index is 1.82. The summed E-state index contributed by atoms with van der Waals surface area (Å²) in [5.41, 5.74) is 0.905. The fraction of sp³-hybridized carbons (Fsp3) is 0.105. The van der Waals surface area contributed by atoms with E-state index in [9.17, 15) is 19.7 Å². The van der Waals surface area contributed by atoms with Gasteiger partial charge in [0, 0.05) is 24.0 Å². The quantitative estimate of drug-likeness (QED) is 0.372. The van der Waals surface area contributed by atoms with Crippen LogP contribution in [0.5, 0.6) is 0 Å². The monoisotopic (exact) mass is 414 g/mol. The number of ether oxygens (including phenoxy) is 1. The number of amides is 1. The van der Waals surface area contributed by atoms with E-state index >= 15 is 0 Å². The Bertz CT molecular complexity index is 1100. The Kier molecular flexibility index (Phi) is 5.89. The van der Waals surface area contributed by atoms with Gasteiger partial charge in [-0.2, -0.15) is 5.10 Å². The number of esters is 1. The first-order valence-electron chi connectivity index (χ1n) is 8.47. The molecule has 0 saturated carbocycles. The SMILES string of the molecule is CCOC(=O)c1ccn(-c2cccc(NC(=O)c3cc([N+](=O)[O-])ccc3Cl)c2)n1. The van der Waals surface area contributed by atoms with Crippen LogP contribution in [0.4, 0.5) is 11.4 Å². The van der Waals surface area contributed by atoms with E-state index in [0.29, 0.717) is 11.4 Å². The number of non-ortho nitro benzene ring substituents is 1. The summed E-state index contributed by atoms with van der Waals surface area (Å²) in [5, 5.41) is 17.8. The first-order valence-corrected chi connectivity index (χ1v) is 8.85. The second kappa shape index (κ2) is 8.53. The van der Waals surface area contributed by atoms with Gasteiger partial charge in [0.15, 0.2) is 5.69 Å². The van der Waals surface area contributed by atoms with Crippen LogP contribution in [0, 0.1) is 10.1 Å². The topological polar surface area (TPSA) is 116 Å². The highest BCUT2D eigenvalue weighted by Crippen LogP contribution is 2.23. The molecule has 29 heavy (non-hydrogen) atoms. The average molecular weight is 415 g/mol. The summed E-state index contributed by atoms with van der Waals surface area (Å²) >= 11 is 6.01. The lowest BCUT2D eigenvalue weighted by molar-refractivity contribution is -0.384. The second-order valence-corrected chi connectivity index (χ2v) is 6.20. The lowest BCUT2D eigenvalue weighted by Crippen LogP contribution is -2.13. The highest BCUT2D eigenvalue weighted by Gasteiger charge is 2.16. The molecule has 1 N–H and O–H groups in total. The predicted molar refractivity (Wildman–Crippen MR) is 106 cm³/mol. The number of carbonyl (C=O) groups excluding carboxylic acids is 2. The highest BCUT2D eigenvalue weighted by atomic mass is 35.5. The summed E-state index contributed by atoms with van der Waals surface area (Å²) < 4.78 is 6.37. The minimum Gasteiger partial charge on any atom is -0.461 e. The van der Waals surface area contributed by atoms with Gasteiger partial charge >= 0.3 is 5.97 Å². The van der Waals surface area contributed by atoms with E-state index in [2.05, 4.69) is 10.4 Å². The van der Waals surface area contributed by atoms with Crippen molar-refractivity contribution in [3.8, 4) is 5.69 Å². The zero-order valence-electron chi connectivity index (χ0n) is 15.2. The smallest absolute Gasteiger partial charge is 0.358 e. The molecular weight excluding hydrogens is 400 g/mol. The molecule has 3 rings (SSSR count). The van der Waals surface area contributed by atoms with Gasteiger partial charge in [-0.05, 0) is 37.3 Å². The minimum absolute atomic E-state index is 0.0186. The van der Waals surface area contributed by atoms with Crippen LogP contribution in [-0.2, 0) is 4.74 Å². The van der Waals surface area contributed by atoms with Crippen LogP contribution in [0.15, 0.2) is 54.7 Å². The number of aromatic nitrogens is 2. The van der Waals surface area contributed by atoms with E-state index in [1.165, 1.54) is 22.9 Å². The number of nitro groups is 1. The van der Waals surface area contributed by atoms with Crippen molar-refractivity contribution in [3.05, 3.63) is 81.1 Å². The van der Waals surface area contributed by atoms with Crippen molar-refractivity contribution in [2.75, 3.05) is 11.9 Å². The van der Waals surface area contributed by atoms with Gasteiger partial charge in [-0.3, -0.25) is 14.9 Å². The van der Waals surface area contributed by atoms with Gasteiger partial charge in [-0.25, -0.2) is 9.48 Å². The third-order valence-corrected chi connectivity index (χ3v) is 4.18. The molecule has 0 spiro atoms. The number of hydrogen-bond acceptors (Lipinski definition) is 6. The van der Waals surface area contributed by atoms with Crippen molar-refractivity contribution in [3.63, 3.8) is 0 Å². The molecule has 9 nitrogen and oxygen atoms in total. The average Bonchev–Trinajstić information content (AvgIpc) is 3.19. The van der Waals surface area contributed by atoms with Crippen molar-refractivity contribution in [2.24, 2.45) is 0 Å². The third kappa shape index (κ3) is 4.58. The Labute approximate surface area is 170 Å². The van der Waals surface area contributed by atoms with Gasteiger partial charge in [0.1, 0.15) is 0 Å². The van der Waals surface area contributed by atoms with Gasteiger partial charge in [0.25, 0.3) is 11.6 Å². The zero-order valence-corrected chi connectivity index (χ0v) is 15.9. The number of nitrogens with one attached hydrogen (secondary N) is 1. The number of carbonyl (C=O) groups is 2. The number of anilines is 1. The molecule has 1 amide bonds. The maximum absolute atomic E-state index is 12.5. The maximum atomic E-state index is 12.5. The fourth-order valence-electron chi connectivity index (χ4n) is 2.51. The van der Waals surface area contributed by atoms with Gasteiger partial charge in [0.05, 0.1) is 27.8 Å². The molecule has 148 valence electrons. The number of nitrogens with zero attached hydrogens (tertiary/aromatic N) is 3. The van der Waals surface area contributed by atoms with E-state index in [4.69, 9.17) is 16.3 Å². The molecular formula is C19H15ClN4O5.